The summed E-state index contributed by atoms with van der Waals surface area (Å²) >= 11 is 1.78. The fourth-order valence-electron chi connectivity index (χ4n) is 1.85. The largest absolute Gasteiger partial charge is 0.361 e. The van der Waals surface area contributed by atoms with E-state index in [0.29, 0.717) is 5.92 Å². The number of hydrogen-bond donors (Lipinski definition) is 1. The molecule has 1 aromatic heterocycles. The molecule has 0 bridgehead atoms. The summed E-state index contributed by atoms with van der Waals surface area (Å²) in [5, 5.41) is 7.45. The molecule has 1 aromatic carbocycles. The Bertz CT molecular complexity index is 520. The number of nitrogens with one attached hydrogen (secondary N) is 1. The van der Waals surface area contributed by atoms with Crippen LogP contribution in [0.2, 0.25) is 0 Å². The Labute approximate surface area is 125 Å². The van der Waals surface area contributed by atoms with Crippen LogP contribution in [0, 0.1) is 12.8 Å². The van der Waals surface area contributed by atoms with Gasteiger partial charge in [0.15, 0.2) is 0 Å². The third kappa shape index (κ3) is 5.02. The van der Waals surface area contributed by atoms with Crippen molar-refractivity contribution in [2.24, 2.45) is 5.92 Å². The van der Waals surface area contributed by atoms with Crippen molar-refractivity contribution in [3.8, 4) is 0 Å². The van der Waals surface area contributed by atoms with Crippen molar-refractivity contribution < 1.29 is 4.52 Å². The van der Waals surface area contributed by atoms with Gasteiger partial charge in [0.1, 0.15) is 5.76 Å². The Morgan fingerprint density at radius 3 is 2.60 bits per heavy atom. The van der Waals surface area contributed by atoms with Crippen LogP contribution >= 0.6 is 11.8 Å². The Balaban J connectivity index is 1.79. The molecule has 0 aliphatic heterocycles. The zero-order valence-corrected chi connectivity index (χ0v) is 13.2. The van der Waals surface area contributed by atoms with E-state index in [1.54, 1.807) is 11.8 Å². The highest BCUT2D eigenvalue weighted by atomic mass is 32.2. The lowest BCUT2D eigenvalue weighted by atomic mass is 10.2. The maximum Gasteiger partial charge on any atom is 0.133 e. The van der Waals surface area contributed by atoms with Gasteiger partial charge in [-0.05, 0) is 37.1 Å². The third-order valence-electron chi connectivity index (χ3n) is 2.87. The molecule has 1 N–H and O–H groups in total. The molecule has 2 aromatic rings. The minimum atomic E-state index is 0.691. The quantitative estimate of drug-likeness (QED) is 0.782. The molecule has 0 atom stereocenters. The molecule has 0 unspecified atom stereocenters. The van der Waals surface area contributed by atoms with Crippen molar-refractivity contribution in [2.75, 3.05) is 6.54 Å². The van der Waals surface area contributed by atoms with Gasteiger partial charge >= 0.3 is 0 Å². The second kappa shape index (κ2) is 7.50. The second-order valence-electron chi connectivity index (χ2n) is 5.39. The summed E-state index contributed by atoms with van der Waals surface area (Å²) < 4.78 is 5.06. The fraction of sp³-hybridized carbons (Fsp3) is 0.438. The van der Waals surface area contributed by atoms with Gasteiger partial charge in [-0.15, -0.1) is 11.8 Å². The van der Waals surface area contributed by atoms with Crippen LogP contribution in [0.3, 0.4) is 0 Å². The Hall–Kier alpha value is -1.26. The Morgan fingerprint density at radius 1 is 1.25 bits per heavy atom. The lowest BCUT2D eigenvalue weighted by Gasteiger charge is -2.08. The van der Waals surface area contributed by atoms with Gasteiger partial charge < -0.3 is 9.84 Å². The van der Waals surface area contributed by atoms with Crippen LogP contribution in [-0.4, -0.2) is 11.7 Å². The topological polar surface area (TPSA) is 38.1 Å². The average molecular weight is 290 g/mol. The van der Waals surface area contributed by atoms with Crippen LogP contribution in [0.4, 0.5) is 0 Å². The summed E-state index contributed by atoms with van der Waals surface area (Å²) in [6, 6.07) is 10.7. The SMILES string of the molecule is Cc1cc(CSc2ccc(CNCC(C)C)cc2)no1. The molecule has 0 saturated heterocycles. The zero-order chi connectivity index (χ0) is 14.4. The highest BCUT2D eigenvalue weighted by Crippen LogP contribution is 2.22. The van der Waals surface area contributed by atoms with E-state index in [1.807, 2.05) is 13.0 Å². The summed E-state index contributed by atoms with van der Waals surface area (Å²) in [7, 11) is 0. The van der Waals surface area contributed by atoms with Crippen LogP contribution in [0.25, 0.3) is 0 Å². The average Bonchev–Trinajstić information content (AvgIpc) is 2.83. The summed E-state index contributed by atoms with van der Waals surface area (Å²) in [4.78, 5) is 1.26. The van der Waals surface area contributed by atoms with Crippen LogP contribution in [0.1, 0.15) is 30.9 Å². The Morgan fingerprint density at radius 2 is 2.00 bits per heavy atom. The van der Waals surface area contributed by atoms with Gasteiger partial charge in [0.2, 0.25) is 0 Å². The van der Waals surface area contributed by atoms with E-state index < -0.39 is 0 Å². The lowest BCUT2D eigenvalue weighted by molar-refractivity contribution is 0.393. The number of thioether (sulfide) groups is 1. The van der Waals surface area contributed by atoms with Crippen molar-refractivity contribution >= 4 is 11.8 Å². The van der Waals surface area contributed by atoms with E-state index in [9.17, 15) is 0 Å². The number of aromatic nitrogens is 1. The van der Waals surface area contributed by atoms with E-state index in [-0.39, 0.29) is 0 Å². The fourth-order valence-corrected chi connectivity index (χ4v) is 2.63. The van der Waals surface area contributed by atoms with Crippen molar-refractivity contribution in [1.82, 2.24) is 10.5 Å². The smallest absolute Gasteiger partial charge is 0.133 e. The van der Waals surface area contributed by atoms with Crippen molar-refractivity contribution in [3.05, 3.63) is 47.3 Å². The van der Waals surface area contributed by atoms with Gasteiger partial charge in [-0.1, -0.05) is 31.1 Å². The molecule has 0 aliphatic rings. The number of nitrogens with zero attached hydrogens (tertiary/aromatic N) is 1. The molecule has 2 rings (SSSR count). The summed E-state index contributed by atoms with van der Waals surface area (Å²) in [5.41, 5.74) is 2.32. The monoisotopic (exact) mass is 290 g/mol. The molecule has 0 radical (unpaired) electrons. The van der Waals surface area contributed by atoms with Gasteiger partial charge in [-0.2, -0.15) is 0 Å². The van der Waals surface area contributed by atoms with Crippen molar-refractivity contribution in [2.45, 2.75) is 38.0 Å². The van der Waals surface area contributed by atoms with Crippen LogP contribution in [0.5, 0.6) is 0 Å². The van der Waals surface area contributed by atoms with E-state index in [0.717, 1.165) is 30.3 Å². The molecule has 3 nitrogen and oxygen atoms in total. The maximum absolute atomic E-state index is 5.06. The predicted octanol–water partition coefficient (Wildman–Crippen LogP) is 4.02. The molecular formula is C16H22N2OS. The molecular weight excluding hydrogens is 268 g/mol. The number of rotatable bonds is 7. The van der Waals surface area contributed by atoms with Crippen LogP contribution in [-0.2, 0) is 12.3 Å². The van der Waals surface area contributed by atoms with Crippen molar-refractivity contribution in [3.63, 3.8) is 0 Å². The normalized spacial score (nSPS) is 11.2. The van der Waals surface area contributed by atoms with Gasteiger partial charge in [0.25, 0.3) is 0 Å². The molecule has 1 heterocycles. The first kappa shape index (κ1) is 15.1. The van der Waals surface area contributed by atoms with Crippen LogP contribution < -0.4 is 5.32 Å². The van der Waals surface area contributed by atoms with Crippen LogP contribution in [0.15, 0.2) is 39.8 Å². The molecule has 4 heteroatoms. The molecule has 0 aliphatic carbocycles. The standard InChI is InChI=1S/C16H22N2OS/c1-12(2)9-17-10-14-4-6-16(7-5-14)20-11-15-8-13(3)19-18-15/h4-8,12,17H,9-11H2,1-3H3. The lowest BCUT2D eigenvalue weighted by Crippen LogP contribution is -2.18. The summed E-state index contributed by atoms with van der Waals surface area (Å²) in [5.74, 6) is 2.41. The van der Waals surface area contributed by atoms with Crippen molar-refractivity contribution in [1.29, 1.82) is 0 Å². The number of aryl methyl sites for hydroxylation is 1. The number of benzene rings is 1. The first-order valence-electron chi connectivity index (χ1n) is 6.98. The number of hydrogen-bond acceptors (Lipinski definition) is 4. The molecule has 0 saturated carbocycles. The molecule has 20 heavy (non-hydrogen) atoms. The van der Waals surface area contributed by atoms with E-state index in [4.69, 9.17) is 4.52 Å². The summed E-state index contributed by atoms with van der Waals surface area (Å²) in [6.45, 7) is 8.35. The van der Waals surface area contributed by atoms with Gasteiger partial charge in [0, 0.05) is 23.3 Å². The molecule has 0 fully saturated rings. The van der Waals surface area contributed by atoms with Gasteiger partial charge in [0.05, 0.1) is 5.69 Å². The molecule has 0 amide bonds. The highest BCUT2D eigenvalue weighted by Gasteiger charge is 2.02. The van der Waals surface area contributed by atoms with Gasteiger partial charge in [-0.25, -0.2) is 0 Å². The predicted molar refractivity (Wildman–Crippen MR) is 83.8 cm³/mol. The first-order chi connectivity index (χ1) is 9.63. The van der Waals surface area contributed by atoms with E-state index >= 15 is 0 Å². The minimum Gasteiger partial charge on any atom is -0.361 e. The van der Waals surface area contributed by atoms with Gasteiger partial charge in [-0.3, -0.25) is 0 Å². The maximum atomic E-state index is 5.06. The highest BCUT2D eigenvalue weighted by molar-refractivity contribution is 7.98. The second-order valence-corrected chi connectivity index (χ2v) is 6.44. The zero-order valence-electron chi connectivity index (χ0n) is 12.3. The summed E-state index contributed by atoms with van der Waals surface area (Å²) in [6.07, 6.45) is 0. The van der Waals surface area contributed by atoms with E-state index in [1.165, 1.54) is 10.5 Å². The molecule has 108 valence electrons. The Kier molecular flexibility index (Phi) is 5.68. The van der Waals surface area contributed by atoms with E-state index in [2.05, 4.69) is 48.6 Å². The molecule has 0 spiro atoms. The first-order valence-corrected chi connectivity index (χ1v) is 7.96. The minimum absolute atomic E-state index is 0.691. The third-order valence-corrected chi connectivity index (χ3v) is 3.91.